The summed E-state index contributed by atoms with van der Waals surface area (Å²) in [6.07, 6.45) is 4.34. The fraction of sp³-hybridized carbons (Fsp3) is 0.125. The van der Waals surface area contributed by atoms with Crippen LogP contribution >= 0.6 is 0 Å². The van der Waals surface area contributed by atoms with Gasteiger partial charge in [-0.25, -0.2) is 14.8 Å². The minimum Gasteiger partial charge on any atom is -0.465 e. The van der Waals surface area contributed by atoms with Crippen LogP contribution in [-0.2, 0) is 4.74 Å². The van der Waals surface area contributed by atoms with Crippen molar-refractivity contribution in [3.8, 4) is 0 Å². The molecule has 1 heterocycles. The zero-order valence-electron chi connectivity index (χ0n) is 12.6. The molecule has 0 aliphatic rings. The number of benzene rings is 1. The molecule has 1 aromatic carbocycles. The van der Waals surface area contributed by atoms with E-state index in [-0.39, 0.29) is 11.6 Å². The molecule has 2 aromatic rings. The summed E-state index contributed by atoms with van der Waals surface area (Å²) < 4.78 is 4.73. The van der Waals surface area contributed by atoms with Crippen molar-refractivity contribution in [1.29, 1.82) is 0 Å². The third-order valence-electron chi connectivity index (χ3n) is 2.89. The molecule has 2 rings (SSSR count). The Kier molecular flexibility index (Phi) is 5.40. The van der Waals surface area contributed by atoms with E-state index in [1.54, 1.807) is 30.3 Å². The lowest BCUT2D eigenvalue weighted by Gasteiger charge is -2.10. The Bertz CT molecular complexity index is 714. The van der Waals surface area contributed by atoms with Crippen molar-refractivity contribution in [1.82, 2.24) is 15.3 Å². The highest BCUT2D eigenvalue weighted by Crippen LogP contribution is 2.19. The largest absolute Gasteiger partial charge is 0.465 e. The molecule has 0 aliphatic heterocycles. The van der Waals surface area contributed by atoms with Crippen molar-refractivity contribution in [3.05, 3.63) is 60.6 Å². The number of hydrogen-bond acceptors (Lipinski definition) is 6. The Hall–Kier alpha value is -3.22. The second-order valence-corrected chi connectivity index (χ2v) is 4.45. The van der Waals surface area contributed by atoms with Crippen LogP contribution in [0.5, 0.6) is 0 Å². The summed E-state index contributed by atoms with van der Waals surface area (Å²) in [6, 6.07) is 6.87. The van der Waals surface area contributed by atoms with Crippen molar-refractivity contribution in [2.24, 2.45) is 0 Å². The zero-order chi connectivity index (χ0) is 16.7. The van der Waals surface area contributed by atoms with E-state index in [9.17, 15) is 9.59 Å². The number of anilines is 2. The third kappa shape index (κ3) is 4.13. The average Bonchev–Trinajstić information content (AvgIpc) is 2.60. The van der Waals surface area contributed by atoms with Crippen molar-refractivity contribution < 1.29 is 14.3 Å². The van der Waals surface area contributed by atoms with Gasteiger partial charge in [-0.05, 0) is 12.1 Å². The Morgan fingerprint density at radius 2 is 2.04 bits per heavy atom. The summed E-state index contributed by atoms with van der Waals surface area (Å²) in [5.74, 6) is -0.387. The predicted octanol–water partition coefficient (Wildman–Crippen LogP) is 1.92. The first-order chi connectivity index (χ1) is 11.2. The maximum absolute atomic E-state index is 11.7. The summed E-state index contributed by atoms with van der Waals surface area (Å²) in [6.45, 7) is 3.87. The van der Waals surface area contributed by atoms with Gasteiger partial charge < -0.3 is 15.4 Å². The van der Waals surface area contributed by atoms with E-state index in [0.717, 1.165) is 0 Å². The number of aromatic nitrogens is 2. The van der Waals surface area contributed by atoms with E-state index in [1.807, 2.05) is 0 Å². The van der Waals surface area contributed by atoms with Crippen LogP contribution < -0.4 is 10.6 Å². The lowest BCUT2D eigenvalue weighted by atomic mass is 10.2. The standard InChI is InChI=1S/C16H16N4O3/c1-3-8-17-15(21)13-9-19-14(10-18-13)20-12-7-5-4-6-11(12)16(22)23-2/h3-7,9-10H,1,8H2,2H3,(H,17,21)(H,19,20). The van der Waals surface area contributed by atoms with Crippen LogP contribution in [-0.4, -0.2) is 35.5 Å². The number of nitrogens with one attached hydrogen (secondary N) is 2. The molecule has 7 heteroatoms. The van der Waals surface area contributed by atoms with Gasteiger partial charge in [-0.3, -0.25) is 4.79 Å². The summed E-state index contributed by atoms with van der Waals surface area (Å²) in [5.41, 5.74) is 1.11. The van der Waals surface area contributed by atoms with Crippen LogP contribution in [0.1, 0.15) is 20.8 Å². The minimum atomic E-state index is -0.457. The summed E-state index contributed by atoms with van der Waals surface area (Å²) in [4.78, 5) is 31.6. The molecule has 0 fully saturated rings. The Labute approximate surface area is 133 Å². The van der Waals surface area contributed by atoms with E-state index in [1.165, 1.54) is 19.5 Å². The van der Waals surface area contributed by atoms with Gasteiger partial charge in [0.05, 0.1) is 30.8 Å². The Morgan fingerprint density at radius 1 is 1.26 bits per heavy atom. The maximum atomic E-state index is 11.7. The Balaban J connectivity index is 2.14. The molecule has 0 bridgehead atoms. The number of hydrogen-bond donors (Lipinski definition) is 2. The van der Waals surface area contributed by atoms with E-state index in [2.05, 4.69) is 27.2 Å². The van der Waals surface area contributed by atoms with Crippen LogP contribution in [0.25, 0.3) is 0 Å². The molecule has 0 atom stereocenters. The van der Waals surface area contributed by atoms with Crippen LogP contribution in [0.4, 0.5) is 11.5 Å². The number of esters is 1. The monoisotopic (exact) mass is 312 g/mol. The summed E-state index contributed by atoms with van der Waals surface area (Å²) >= 11 is 0. The number of rotatable bonds is 6. The first kappa shape index (κ1) is 16.2. The highest BCUT2D eigenvalue weighted by atomic mass is 16.5. The normalized spacial score (nSPS) is 9.78. The molecular weight excluding hydrogens is 296 g/mol. The van der Waals surface area contributed by atoms with Gasteiger partial charge in [-0.15, -0.1) is 6.58 Å². The molecule has 1 amide bonds. The van der Waals surface area contributed by atoms with Gasteiger partial charge in [0.25, 0.3) is 5.91 Å². The molecular formula is C16H16N4O3. The molecule has 0 saturated carbocycles. The quantitative estimate of drug-likeness (QED) is 0.625. The molecule has 1 aromatic heterocycles. The summed E-state index contributed by atoms with van der Waals surface area (Å²) in [7, 11) is 1.32. The van der Waals surface area contributed by atoms with Gasteiger partial charge in [-0.1, -0.05) is 18.2 Å². The highest BCUT2D eigenvalue weighted by molar-refractivity contribution is 5.96. The number of nitrogens with zero attached hydrogens (tertiary/aromatic N) is 2. The smallest absolute Gasteiger partial charge is 0.339 e. The number of methoxy groups -OCH3 is 1. The average molecular weight is 312 g/mol. The molecule has 7 nitrogen and oxygen atoms in total. The lowest BCUT2D eigenvalue weighted by Crippen LogP contribution is -2.24. The molecule has 0 spiro atoms. The number of carbonyl (C=O) groups is 2. The number of carbonyl (C=O) groups excluding carboxylic acids is 2. The molecule has 0 saturated heterocycles. The van der Waals surface area contributed by atoms with Crippen LogP contribution in [0.2, 0.25) is 0 Å². The van der Waals surface area contributed by atoms with E-state index in [0.29, 0.717) is 23.6 Å². The van der Waals surface area contributed by atoms with Gasteiger partial charge in [0.15, 0.2) is 0 Å². The maximum Gasteiger partial charge on any atom is 0.339 e. The van der Waals surface area contributed by atoms with Gasteiger partial charge in [0.1, 0.15) is 11.5 Å². The van der Waals surface area contributed by atoms with Gasteiger partial charge >= 0.3 is 5.97 Å². The molecule has 23 heavy (non-hydrogen) atoms. The van der Waals surface area contributed by atoms with Crippen LogP contribution in [0.15, 0.2) is 49.3 Å². The van der Waals surface area contributed by atoms with Gasteiger partial charge in [0, 0.05) is 6.54 Å². The molecule has 0 aliphatic carbocycles. The first-order valence-electron chi connectivity index (χ1n) is 6.81. The van der Waals surface area contributed by atoms with E-state index in [4.69, 9.17) is 4.74 Å². The Morgan fingerprint density at radius 3 is 2.70 bits per heavy atom. The van der Waals surface area contributed by atoms with E-state index < -0.39 is 5.97 Å². The second-order valence-electron chi connectivity index (χ2n) is 4.45. The SMILES string of the molecule is C=CCNC(=O)c1cnc(Nc2ccccc2C(=O)OC)cn1. The molecule has 118 valence electrons. The molecule has 0 radical (unpaired) electrons. The second kappa shape index (κ2) is 7.69. The van der Waals surface area contributed by atoms with E-state index >= 15 is 0 Å². The highest BCUT2D eigenvalue weighted by Gasteiger charge is 2.12. The minimum absolute atomic E-state index is 0.193. The number of para-hydroxylation sites is 1. The van der Waals surface area contributed by atoms with Crippen LogP contribution in [0, 0.1) is 0 Å². The van der Waals surface area contributed by atoms with Crippen molar-refractivity contribution in [3.63, 3.8) is 0 Å². The fourth-order valence-corrected chi connectivity index (χ4v) is 1.78. The van der Waals surface area contributed by atoms with Crippen LogP contribution in [0.3, 0.4) is 0 Å². The van der Waals surface area contributed by atoms with Crippen molar-refractivity contribution in [2.75, 3.05) is 19.0 Å². The first-order valence-corrected chi connectivity index (χ1v) is 6.81. The topological polar surface area (TPSA) is 93.2 Å². The van der Waals surface area contributed by atoms with Crippen molar-refractivity contribution >= 4 is 23.4 Å². The lowest BCUT2D eigenvalue weighted by molar-refractivity contribution is 0.0601. The fourth-order valence-electron chi connectivity index (χ4n) is 1.78. The van der Waals surface area contributed by atoms with Crippen molar-refractivity contribution in [2.45, 2.75) is 0 Å². The summed E-state index contributed by atoms with van der Waals surface area (Å²) in [5, 5.41) is 5.58. The molecule has 0 unspecified atom stereocenters. The molecule has 2 N–H and O–H groups in total. The number of ether oxygens (including phenoxy) is 1. The third-order valence-corrected chi connectivity index (χ3v) is 2.89. The number of amides is 1. The van der Waals surface area contributed by atoms with Gasteiger partial charge in [0.2, 0.25) is 0 Å². The van der Waals surface area contributed by atoms with Gasteiger partial charge in [-0.2, -0.15) is 0 Å². The predicted molar refractivity (Wildman–Crippen MR) is 85.6 cm³/mol. The zero-order valence-corrected chi connectivity index (χ0v) is 12.6.